The normalized spacial score (nSPS) is 10.9. The molecule has 17 heavy (non-hydrogen) atoms. The van der Waals surface area contributed by atoms with Crippen molar-refractivity contribution in [1.29, 1.82) is 0 Å². The highest BCUT2D eigenvalue weighted by atomic mass is 32.2. The van der Waals surface area contributed by atoms with Crippen LogP contribution in [0.2, 0.25) is 0 Å². The molecule has 2 heterocycles. The van der Waals surface area contributed by atoms with E-state index in [0.29, 0.717) is 0 Å². The van der Waals surface area contributed by atoms with Gasteiger partial charge in [-0.2, -0.15) is 11.3 Å². The van der Waals surface area contributed by atoms with E-state index in [4.69, 9.17) is 0 Å². The first-order valence-corrected chi connectivity index (χ1v) is 7.61. The number of hydrogen-bond acceptors (Lipinski definition) is 4. The summed E-state index contributed by atoms with van der Waals surface area (Å²) in [4.78, 5) is 4.27. The van der Waals surface area contributed by atoms with Crippen molar-refractivity contribution in [2.45, 2.75) is 11.6 Å². The maximum atomic E-state index is 4.27. The predicted octanol–water partition coefficient (Wildman–Crippen LogP) is 2.41. The van der Waals surface area contributed by atoms with Crippen molar-refractivity contribution in [3.8, 4) is 0 Å². The third-order valence-corrected chi connectivity index (χ3v) is 4.25. The van der Waals surface area contributed by atoms with Crippen LogP contribution in [0.3, 0.4) is 0 Å². The highest BCUT2D eigenvalue weighted by Gasteiger charge is 1.99. The lowest BCUT2D eigenvalue weighted by atomic mass is 10.2. The number of aromatic nitrogens is 2. The van der Waals surface area contributed by atoms with Crippen LogP contribution in [-0.4, -0.2) is 28.4 Å². The summed E-state index contributed by atoms with van der Waals surface area (Å²) >= 11 is 3.56. The molecule has 0 aromatic carbocycles. The van der Waals surface area contributed by atoms with Crippen LogP contribution in [0.1, 0.15) is 5.56 Å². The van der Waals surface area contributed by atoms with Crippen molar-refractivity contribution >= 4 is 23.1 Å². The summed E-state index contributed by atoms with van der Waals surface area (Å²) in [6.45, 7) is 2.08. The zero-order valence-electron chi connectivity index (χ0n) is 9.93. The molecule has 1 N–H and O–H groups in total. The number of rotatable bonds is 7. The van der Waals surface area contributed by atoms with Crippen LogP contribution in [0.25, 0.3) is 0 Å². The second-order valence-electron chi connectivity index (χ2n) is 3.80. The number of nitrogens with zero attached hydrogens (tertiary/aromatic N) is 2. The Morgan fingerprint density at radius 3 is 3.12 bits per heavy atom. The Balaban J connectivity index is 1.54. The van der Waals surface area contributed by atoms with Crippen LogP contribution >= 0.6 is 23.1 Å². The third kappa shape index (κ3) is 4.18. The summed E-state index contributed by atoms with van der Waals surface area (Å²) in [5.41, 5.74) is 1.43. The third-order valence-electron chi connectivity index (χ3n) is 2.46. The lowest BCUT2D eigenvalue weighted by Gasteiger charge is -2.04. The Hall–Kier alpha value is -0.780. The average Bonchev–Trinajstić information content (AvgIpc) is 2.95. The van der Waals surface area contributed by atoms with Crippen LogP contribution in [0, 0.1) is 0 Å². The molecule has 0 amide bonds. The van der Waals surface area contributed by atoms with E-state index < -0.39 is 0 Å². The molecule has 0 atom stereocenters. The van der Waals surface area contributed by atoms with E-state index >= 15 is 0 Å². The second-order valence-corrected chi connectivity index (χ2v) is 5.64. The highest BCUT2D eigenvalue weighted by molar-refractivity contribution is 7.99. The van der Waals surface area contributed by atoms with Gasteiger partial charge in [0.25, 0.3) is 0 Å². The van der Waals surface area contributed by atoms with Crippen LogP contribution in [0.5, 0.6) is 0 Å². The molecule has 2 aromatic rings. The summed E-state index contributed by atoms with van der Waals surface area (Å²) < 4.78 is 2.05. The van der Waals surface area contributed by atoms with Gasteiger partial charge in [-0.3, -0.25) is 0 Å². The van der Waals surface area contributed by atoms with Gasteiger partial charge in [0, 0.05) is 31.7 Å². The molecular formula is C12H17N3S2. The minimum atomic E-state index is 1.03. The van der Waals surface area contributed by atoms with E-state index in [2.05, 4.69) is 31.7 Å². The minimum Gasteiger partial charge on any atom is -0.329 e. The molecule has 0 unspecified atom stereocenters. The van der Waals surface area contributed by atoms with Gasteiger partial charge in [0.2, 0.25) is 0 Å². The van der Waals surface area contributed by atoms with Gasteiger partial charge in [-0.1, -0.05) is 11.8 Å². The average molecular weight is 267 g/mol. The van der Waals surface area contributed by atoms with E-state index in [9.17, 15) is 0 Å². The first-order valence-electron chi connectivity index (χ1n) is 5.68. The Bertz CT molecular complexity index is 423. The molecule has 0 radical (unpaired) electrons. The summed E-state index contributed by atoms with van der Waals surface area (Å²) in [5.74, 6) is 1.06. The van der Waals surface area contributed by atoms with E-state index in [1.807, 2.05) is 19.4 Å². The summed E-state index contributed by atoms with van der Waals surface area (Å²) in [6, 6.07) is 2.19. The Kier molecular flexibility index (Phi) is 5.09. The molecule has 92 valence electrons. The number of thiophene rings is 1. The van der Waals surface area contributed by atoms with Crippen LogP contribution in [-0.2, 0) is 13.5 Å². The number of imidazole rings is 1. The fourth-order valence-electron chi connectivity index (χ4n) is 1.50. The monoisotopic (exact) mass is 267 g/mol. The van der Waals surface area contributed by atoms with Crippen molar-refractivity contribution in [3.63, 3.8) is 0 Å². The molecule has 0 aliphatic heterocycles. The lowest BCUT2D eigenvalue weighted by Crippen LogP contribution is -2.20. The fraction of sp³-hybridized carbons (Fsp3) is 0.417. The van der Waals surface area contributed by atoms with Crippen molar-refractivity contribution in [3.05, 3.63) is 34.8 Å². The molecule has 2 aromatic heterocycles. The van der Waals surface area contributed by atoms with Gasteiger partial charge in [0.15, 0.2) is 5.16 Å². The maximum Gasteiger partial charge on any atom is 0.167 e. The predicted molar refractivity (Wildman–Crippen MR) is 74.8 cm³/mol. The zero-order valence-corrected chi connectivity index (χ0v) is 11.6. The molecule has 0 saturated heterocycles. The van der Waals surface area contributed by atoms with Crippen molar-refractivity contribution in [2.24, 2.45) is 7.05 Å². The summed E-state index contributed by atoms with van der Waals surface area (Å²) in [5, 5.41) is 8.88. The molecule has 0 aliphatic rings. The Morgan fingerprint density at radius 1 is 1.47 bits per heavy atom. The van der Waals surface area contributed by atoms with Crippen LogP contribution in [0.4, 0.5) is 0 Å². The first-order chi connectivity index (χ1) is 8.36. The number of aryl methyl sites for hydroxylation is 1. The summed E-state index contributed by atoms with van der Waals surface area (Å²) in [7, 11) is 2.03. The molecule has 3 nitrogen and oxygen atoms in total. The van der Waals surface area contributed by atoms with Crippen LogP contribution < -0.4 is 5.32 Å². The molecule has 0 bridgehead atoms. The molecule has 0 aliphatic carbocycles. The van der Waals surface area contributed by atoms with E-state index in [-0.39, 0.29) is 0 Å². The van der Waals surface area contributed by atoms with E-state index in [1.54, 1.807) is 23.1 Å². The summed E-state index contributed by atoms with van der Waals surface area (Å²) in [6.07, 6.45) is 4.94. The van der Waals surface area contributed by atoms with Crippen molar-refractivity contribution in [1.82, 2.24) is 14.9 Å². The maximum absolute atomic E-state index is 4.27. The molecule has 0 saturated carbocycles. The Labute approximate surface area is 110 Å². The Morgan fingerprint density at radius 2 is 2.41 bits per heavy atom. The lowest BCUT2D eigenvalue weighted by molar-refractivity contribution is 0.719. The van der Waals surface area contributed by atoms with E-state index in [0.717, 1.165) is 30.4 Å². The van der Waals surface area contributed by atoms with E-state index in [1.165, 1.54) is 5.56 Å². The van der Waals surface area contributed by atoms with Gasteiger partial charge in [-0.15, -0.1) is 0 Å². The van der Waals surface area contributed by atoms with Gasteiger partial charge in [-0.05, 0) is 35.4 Å². The molecule has 5 heteroatoms. The number of thioether (sulfide) groups is 1. The number of nitrogens with one attached hydrogen (secondary N) is 1. The van der Waals surface area contributed by atoms with Crippen molar-refractivity contribution in [2.75, 3.05) is 18.8 Å². The number of hydrogen-bond donors (Lipinski definition) is 1. The van der Waals surface area contributed by atoms with Gasteiger partial charge >= 0.3 is 0 Å². The largest absolute Gasteiger partial charge is 0.329 e. The quantitative estimate of drug-likeness (QED) is 0.617. The standard InChI is InChI=1S/C12H17N3S2/c1-15-7-5-14-12(15)17-9-6-13-4-2-11-3-8-16-10-11/h3,5,7-8,10,13H,2,4,6,9H2,1H3. The molecular weight excluding hydrogens is 250 g/mol. The molecule has 0 spiro atoms. The second kappa shape index (κ2) is 6.83. The zero-order chi connectivity index (χ0) is 11.9. The van der Waals surface area contributed by atoms with Gasteiger partial charge in [0.1, 0.15) is 0 Å². The smallest absolute Gasteiger partial charge is 0.167 e. The van der Waals surface area contributed by atoms with Gasteiger partial charge in [0.05, 0.1) is 0 Å². The van der Waals surface area contributed by atoms with Crippen molar-refractivity contribution < 1.29 is 0 Å². The topological polar surface area (TPSA) is 29.9 Å². The highest BCUT2D eigenvalue weighted by Crippen LogP contribution is 2.12. The first kappa shape index (κ1) is 12.7. The van der Waals surface area contributed by atoms with Crippen LogP contribution in [0.15, 0.2) is 34.4 Å². The minimum absolute atomic E-state index is 1.03. The van der Waals surface area contributed by atoms with Gasteiger partial charge < -0.3 is 9.88 Å². The fourth-order valence-corrected chi connectivity index (χ4v) is 3.03. The van der Waals surface area contributed by atoms with Gasteiger partial charge in [-0.25, -0.2) is 4.98 Å². The molecule has 0 fully saturated rings. The molecule has 2 rings (SSSR count). The SMILES string of the molecule is Cn1ccnc1SCCNCCc1ccsc1.